The molecule has 3 heteroatoms. The van der Waals surface area contributed by atoms with E-state index in [0.29, 0.717) is 6.54 Å². The van der Waals surface area contributed by atoms with Crippen LogP contribution in [0.25, 0.3) is 0 Å². The number of carbonyl (C=O) groups excluding carboxylic acids is 1. The van der Waals surface area contributed by atoms with Crippen molar-refractivity contribution in [3.63, 3.8) is 0 Å². The SMILES string of the molecule is O=C1c2ccccc2[C@@H]2[C@H]3CCCC[C@]3(O)CCN12. The quantitative estimate of drug-likeness (QED) is 0.775. The molecular formula is C16H19NO2. The number of fused-ring (bicyclic) bond motifs is 5. The highest BCUT2D eigenvalue weighted by Gasteiger charge is 2.53. The van der Waals surface area contributed by atoms with Crippen molar-refractivity contribution in [3.8, 4) is 0 Å². The molecule has 1 saturated heterocycles. The van der Waals surface area contributed by atoms with E-state index in [1.54, 1.807) is 0 Å². The molecule has 3 aliphatic rings. The third kappa shape index (κ3) is 1.45. The zero-order valence-corrected chi connectivity index (χ0v) is 11.0. The molecule has 2 heterocycles. The zero-order valence-electron chi connectivity index (χ0n) is 11.0. The molecule has 4 rings (SSSR count). The first kappa shape index (κ1) is 11.5. The van der Waals surface area contributed by atoms with Crippen molar-refractivity contribution in [2.24, 2.45) is 5.92 Å². The highest BCUT2D eigenvalue weighted by molar-refractivity contribution is 5.99. The highest BCUT2D eigenvalue weighted by Crippen LogP contribution is 2.52. The van der Waals surface area contributed by atoms with Gasteiger partial charge in [0.15, 0.2) is 0 Å². The normalized spacial score (nSPS) is 36.7. The summed E-state index contributed by atoms with van der Waals surface area (Å²) in [6.45, 7) is 0.700. The number of aliphatic hydroxyl groups is 1. The number of benzene rings is 1. The minimum absolute atomic E-state index is 0.114. The molecule has 3 nitrogen and oxygen atoms in total. The molecule has 2 aliphatic heterocycles. The molecule has 0 spiro atoms. The van der Waals surface area contributed by atoms with Crippen molar-refractivity contribution in [2.75, 3.05) is 6.54 Å². The van der Waals surface area contributed by atoms with Crippen molar-refractivity contribution >= 4 is 5.91 Å². The van der Waals surface area contributed by atoms with Gasteiger partial charge in [0, 0.05) is 18.0 Å². The Hall–Kier alpha value is -1.35. The van der Waals surface area contributed by atoms with Gasteiger partial charge in [-0.3, -0.25) is 4.79 Å². The summed E-state index contributed by atoms with van der Waals surface area (Å²) in [6, 6.07) is 8.05. The van der Waals surface area contributed by atoms with Gasteiger partial charge in [0.25, 0.3) is 5.91 Å². The van der Waals surface area contributed by atoms with E-state index in [9.17, 15) is 9.90 Å². The second-order valence-electron chi connectivity index (χ2n) is 6.24. The van der Waals surface area contributed by atoms with Crippen LogP contribution in [0.3, 0.4) is 0 Å². The molecule has 1 saturated carbocycles. The lowest BCUT2D eigenvalue weighted by atomic mass is 9.67. The van der Waals surface area contributed by atoms with Gasteiger partial charge < -0.3 is 10.0 Å². The second kappa shape index (κ2) is 3.83. The summed E-state index contributed by atoms with van der Waals surface area (Å²) in [7, 11) is 0. The molecule has 100 valence electrons. The fraction of sp³-hybridized carbons (Fsp3) is 0.562. The van der Waals surface area contributed by atoms with Crippen LogP contribution >= 0.6 is 0 Å². The molecule has 0 radical (unpaired) electrons. The predicted molar refractivity (Wildman–Crippen MR) is 71.7 cm³/mol. The van der Waals surface area contributed by atoms with Crippen LogP contribution in [0.2, 0.25) is 0 Å². The van der Waals surface area contributed by atoms with Crippen LogP contribution in [0.4, 0.5) is 0 Å². The molecule has 1 N–H and O–H groups in total. The Morgan fingerprint density at radius 1 is 1.21 bits per heavy atom. The summed E-state index contributed by atoms with van der Waals surface area (Å²) in [5.74, 6) is 0.385. The molecule has 1 aliphatic carbocycles. The van der Waals surface area contributed by atoms with E-state index in [0.717, 1.165) is 36.8 Å². The van der Waals surface area contributed by atoms with Gasteiger partial charge in [-0.05, 0) is 30.9 Å². The van der Waals surface area contributed by atoms with E-state index in [1.807, 2.05) is 23.1 Å². The monoisotopic (exact) mass is 257 g/mol. The fourth-order valence-electron chi connectivity index (χ4n) is 4.40. The number of carbonyl (C=O) groups is 1. The van der Waals surface area contributed by atoms with Crippen molar-refractivity contribution < 1.29 is 9.90 Å². The van der Waals surface area contributed by atoms with Crippen LogP contribution < -0.4 is 0 Å². The van der Waals surface area contributed by atoms with Gasteiger partial charge in [-0.25, -0.2) is 0 Å². The van der Waals surface area contributed by atoms with E-state index < -0.39 is 5.60 Å². The summed E-state index contributed by atoms with van der Waals surface area (Å²) in [5.41, 5.74) is 1.44. The van der Waals surface area contributed by atoms with Crippen molar-refractivity contribution in [3.05, 3.63) is 35.4 Å². The van der Waals surface area contributed by atoms with Gasteiger partial charge in [-0.2, -0.15) is 0 Å². The van der Waals surface area contributed by atoms with Gasteiger partial charge in [0.2, 0.25) is 0 Å². The molecule has 1 aromatic carbocycles. The van der Waals surface area contributed by atoms with Crippen molar-refractivity contribution in [1.29, 1.82) is 0 Å². The van der Waals surface area contributed by atoms with Gasteiger partial charge in [0.05, 0.1) is 11.6 Å². The number of amides is 1. The Kier molecular flexibility index (Phi) is 2.31. The second-order valence-corrected chi connectivity index (χ2v) is 6.24. The van der Waals surface area contributed by atoms with E-state index in [2.05, 4.69) is 6.07 Å². The third-order valence-corrected chi connectivity index (χ3v) is 5.34. The third-order valence-electron chi connectivity index (χ3n) is 5.34. The highest BCUT2D eigenvalue weighted by atomic mass is 16.3. The number of nitrogens with zero attached hydrogens (tertiary/aromatic N) is 1. The average molecular weight is 257 g/mol. The average Bonchev–Trinajstić information content (AvgIpc) is 2.72. The summed E-state index contributed by atoms with van der Waals surface area (Å²) < 4.78 is 0. The molecule has 1 amide bonds. The van der Waals surface area contributed by atoms with E-state index >= 15 is 0 Å². The molecule has 0 aromatic heterocycles. The zero-order chi connectivity index (χ0) is 13.0. The van der Waals surface area contributed by atoms with Crippen LogP contribution in [-0.2, 0) is 0 Å². The fourth-order valence-corrected chi connectivity index (χ4v) is 4.40. The summed E-state index contributed by atoms with van der Waals surface area (Å²) in [5, 5.41) is 10.9. The lowest BCUT2D eigenvalue weighted by molar-refractivity contribution is -0.111. The number of hydrogen-bond donors (Lipinski definition) is 1. The van der Waals surface area contributed by atoms with Crippen LogP contribution in [-0.4, -0.2) is 28.1 Å². The molecule has 2 fully saturated rings. The molecule has 3 atom stereocenters. The Labute approximate surface area is 113 Å². The smallest absolute Gasteiger partial charge is 0.254 e. The van der Waals surface area contributed by atoms with Crippen LogP contribution in [0.15, 0.2) is 24.3 Å². The summed E-state index contributed by atoms with van der Waals surface area (Å²) in [6.07, 6.45) is 4.98. The van der Waals surface area contributed by atoms with Crippen molar-refractivity contribution in [2.45, 2.75) is 43.7 Å². The standard InChI is InChI=1S/C16H19NO2/c18-15-12-6-2-1-5-11(12)14-13-7-3-4-8-16(13,19)9-10-17(14)15/h1-2,5-6,13-14,19H,3-4,7-10H2/t13-,14-,16+/m1/s1. The first-order valence-corrected chi connectivity index (χ1v) is 7.33. The van der Waals surface area contributed by atoms with Gasteiger partial charge in [0.1, 0.15) is 0 Å². The number of rotatable bonds is 0. The maximum atomic E-state index is 12.5. The van der Waals surface area contributed by atoms with Gasteiger partial charge in [-0.1, -0.05) is 31.0 Å². The Morgan fingerprint density at radius 3 is 2.95 bits per heavy atom. The molecular weight excluding hydrogens is 238 g/mol. The molecule has 0 bridgehead atoms. The summed E-state index contributed by atoms with van der Waals surface area (Å²) in [4.78, 5) is 14.4. The number of piperidine rings is 1. The van der Waals surface area contributed by atoms with E-state index in [-0.39, 0.29) is 17.9 Å². The lowest BCUT2D eigenvalue weighted by Gasteiger charge is -2.50. The maximum Gasteiger partial charge on any atom is 0.254 e. The summed E-state index contributed by atoms with van der Waals surface area (Å²) >= 11 is 0. The van der Waals surface area contributed by atoms with E-state index in [4.69, 9.17) is 0 Å². The largest absolute Gasteiger partial charge is 0.389 e. The maximum absolute atomic E-state index is 12.5. The van der Waals surface area contributed by atoms with Crippen LogP contribution in [0.5, 0.6) is 0 Å². The van der Waals surface area contributed by atoms with Gasteiger partial charge >= 0.3 is 0 Å². The van der Waals surface area contributed by atoms with Crippen molar-refractivity contribution in [1.82, 2.24) is 4.90 Å². The minimum atomic E-state index is -0.544. The first-order chi connectivity index (χ1) is 9.21. The van der Waals surface area contributed by atoms with Gasteiger partial charge in [-0.15, -0.1) is 0 Å². The lowest BCUT2D eigenvalue weighted by Crippen LogP contribution is -2.54. The Morgan fingerprint density at radius 2 is 2.05 bits per heavy atom. The molecule has 19 heavy (non-hydrogen) atoms. The minimum Gasteiger partial charge on any atom is -0.389 e. The Bertz CT molecular complexity index is 541. The van der Waals surface area contributed by atoms with Crippen LogP contribution in [0.1, 0.15) is 54.1 Å². The Balaban J connectivity index is 1.82. The van der Waals surface area contributed by atoms with E-state index in [1.165, 1.54) is 6.42 Å². The first-order valence-electron chi connectivity index (χ1n) is 7.33. The molecule has 1 aromatic rings. The number of hydrogen-bond acceptors (Lipinski definition) is 2. The molecule has 0 unspecified atom stereocenters. The van der Waals surface area contributed by atoms with Crippen LogP contribution in [0, 0.1) is 5.92 Å². The predicted octanol–water partition coefficient (Wildman–Crippen LogP) is 2.51. The topological polar surface area (TPSA) is 40.5 Å².